The molecule has 0 aliphatic heterocycles. The van der Waals surface area contributed by atoms with Crippen LogP contribution in [0.2, 0.25) is 0 Å². The molecule has 2 nitrogen and oxygen atoms in total. The molecule has 1 aromatic heterocycles. The summed E-state index contributed by atoms with van der Waals surface area (Å²) in [7, 11) is 0. The summed E-state index contributed by atoms with van der Waals surface area (Å²) in [5.74, 6) is 1.42. The molecule has 0 aromatic carbocycles. The normalized spacial score (nSPS) is 35.6. The zero-order valence-electron chi connectivity index (χ0n) is 6.58. The van der Waals surface area contributed by atoms with Gasteiger partial charge in [0.15, 0.2) is 0 Å². The van der Waals surface area contributed by atoms with Gasteiger partial charge in [-0.05, 0) is 24.5 Å². The van der Waals surface area contributed by atoms with Crippen molar-refractivity contribution in [2.24, 2.45) is 5.92 Å². The van der Waals surface area contributed by atoms with E-state index in [4.69, 9.17) is 9.52 Å². The zero-order valence-corrected chi connectivity index (χ0v) is 6.58. The molecule has 2 atom stereocenters. The van der Waals surface area contributed by atoms with Gasteiger partial charge >= 0.3 is 0 Å². The van der Waals surface area contributed by atoms with Crippen LogP contribution >= 0.6 is 0 Å². The van der Waals surface area contributed by atoms with E-state index in [0.29, 0.717) is 5.92 Å². The molecule has 1 saturated carbocycles. The first-order valence-electron chi connectivity index (χ1n) is 3.92. The number of furan rings is 1. The molecule has 1 N–H and O–H groups in total. The summed E-state index contributed by atoms with van der Waals surface area (Å²) in [6.07, 6.45) is 2.74. The van der Waals surface area contributed by atoms with E-state index in [1.807, 2.05) is 12.1 Å². The maximum absolute atomic E-state index is 8.90. The van der Waals surface area contributed by atoms with Gasteiger partial charge in [0.2, 0.25) is 0 Å². The smallest absolute Gasteiger partial charge is 0.110 e. The molecular formula is C9H12O2. The lowest BCUT2D eigenvalue weighted by Gasteiger charge is -2.04. The SMILES string of the molecule is CC1(c2ccco2)CC1CO. The fraction of sp³-hybridized carbons (Fsp3) is 0.556. The van der Waals surface area contributed by atoms with Crippen LogP contribution in [0.1, 0.15) is 19.1 Å². The first-order valence-corrected chi connectivity index (χ1v) is 3.92. The number of aliphatic hydroxyl groups excluding tert-OH is 1. The number of hydrogen-bond donors (Lipinski definition) is 1. The highest BCUT2D eigenvalue weighted by atomic mass is 16.3. The Bertz CT molecular complexity index is 240. The van der Waals surface area contributed by atoms with Crippen molar-refractivity contribution in [2.45, 2.75) is 18.8 Å². The maximum atomic E-state index is 8.90. The predicted octanol–water partition coefficient (Wildman–Crippen LogP) is 1.55. The summed E-state index contributed by atoms with van der Waals surface area (Å²) in [5, 5.41) is 8.90. The monoisotopic (exact) mass is 152 g/mol. The van der Waals surface area contributed by atoms with E-state index in [1.165, 1.54) is 0 Å². The Morgan fingerprint density at radius 1 is 1.82 bits per heavy atom. The van der Waals surface area contributed by atoms with Crippen molar-refractivity contribution in [1.82, 2.24) is 0 Å². The molecule has 11 heavy (non-hydrogen) atoms. The minimum absolute atomic E-state index is 0.123. The molecule has 1 heterocycles. The molecule has 0 spiro atoms. The van der Waals surface area contributed by atoms with E-state index < -0.39 is 0 Å². The first kappa shape index (κ1) is 6.92. The van der Waals surface area contributed by atoms with E-state index >= 15 is 0 Å². The molecule has 1 aliphatic carbocycles. The van der Waals surface area contributed by atoms with Gasteiger partial charge in [0.1, 0.15) is 5.76 Å². The van der Waals surface area contributed by atoms with Crippen molar-refractivity contribution >= 4 is 0 Å². The summed E-state index contributed by atoms with van der Waals surface area (Å²) in [6.45, 7) is 2.41. The number of hydrogen-bond acceptors (Lipinski definition) is 2. The van der Waals surface area contributed by atoms with Crippen LogP contribution in [0, 0.1) is 5.92 Å². The molecule has 0 radical (unpaired) electrons. The molecule has 60 valence electrons. The molecular weight excluding hydrogens is 140 g/mol. The molecule has 1 fully saturated rings. The molecule has 1 aromatic rings. The van der Waals surface area contributed by atoms with Gasteiger partial charge in [0.05, 0.1) is 6.26 Å². The third kappa shape index (κ3) is 0.897. The Balaban J connectivity index is 2.19. The molecule has 2 unspecified atom stereocenters. The second kappa shape index (κ2) is 2.11. The second-order valence-corrected chi connectivity index (χ2v) is 3.48. The van der Waals surface area contributed by atoms with Crippen LogP contribution in [0.4, 0.5) is 0 Å². The van der Waals surface area contributed by atoms with Crippen molar-refractivity contribution < 1.29 is 9.52 Å². The predicted molar refractivity (Wildman–Crippen MR) is 41.3 cm³/mol. The van der Waals surface area contributed by atoms with Crippen LogP contribution in [-0.4, -0.2) is 11.7 Å². The van der Waals surface area contributed by atoms with E-state index in [9.17, 15) is 0 Å². The van der Waals surface area contributed by atoms with E-state index in [0.717, 1.165) is 12.2 Å². The molecule has 0 saturated heterocycles. The summed E-state index contributed by atoms with van der Waals surface area (Å²) in [6, 6.07) is 3.88. The van der Waals surface area contributed by atoms with Gasteiger partial charge in [-0.15, -0.1) is 0 Å². The Morgan fingerprint density at radius 3 is 3.09 bits per heavy atom. The Labute approximate surface area is 65.8 Å². The highest BCUT2D eigenvalue weighted by Crippen LogP contribution is 2.53. The Kier molecular flexibility index (Phi) is 1.33. The Morgan fingerprint density at radius 2 is 2.64 bits per heavy atom. The lowest BCUT2D eigenvalue weighted by molar-refractivity contribution is 0.260. The third-order valence-corrected chi connectivity index (χ3v) is 2.72. The maximum Gasteiger partial charge on any atom is 0.110 e. The fourth-order valence-electron chi connectivity index (χ4n) is 1.62. The van der Waals surface area contributed by atoms with E-state index in [-0.39, 0.29) is 12.0 Å². The second-order valence-electron chi connectivity index (χ2n) is 3.48. The minimum atomic E-state index is 0.123. The minimum Gasteiger partial charge on any atom is -0.469 e. The van der Waals surface area contributed by atoms with Crippen LogP contribution in [0.5, 0.6) is 0 Å². The van der Waals surface area contributed by atoms with Crippen molar-refractivity contribution in [1.29, 1.82) is 0 Å². The van der Waals surface area contributed by atoms with E-state index in [2.05, 4.69) is 6.92 Å². The van der Waals surface area contributed by atoms with Gasteiger partial charge in [-0.1, -0.05) is 6.92 Å². The van der Waals surface area contributed by atoms with Gasteiger partial charge in [0, 0.05) is 12.0 Å². The first-order chi connectivity index (χ1) is 5.27. The summed E-state index contributed by atoms with van der Waals surface area (Å²) < 4.78 is 5.28. The molecule has 0 amide bonds. The number of rotatable bonds is 2. The van der Waals surface area contributed by atoms with Crippen molar-refractivity contribution in [3.05, 3.63) is 24.2 Å². The largest absolute Gasteiger partial charge is 0.469 e. The summed E-state index contributed by atoms with van der Waals surface area (Å²) in [4.78, 5) is 0. The summed E-state index contributed by atoms with van der Waals surface area (Å²) in [5.41, 5.74) is 0.123. The third-order valence-electron chi connectivity index (χ3n) is 2.72. The lowest BCUT2D eigenvalue weighted by atomic mass is 10.0. The highest BCUT2D eigenvalue weighted by molar-refractivity contribution is 5.23. The zero-order chi connectivity index (χ0) is 7.90. The van der Waals surface area contributed by atoms with Crippen LogP contribution < -0.4 is 0 Å². The topological polar surface area (TPSA) is 33.4 Å². The van der Waals surface area contributed by atoms with Gasteiger partial charge in [-0.25, -0.2) is 0 Å². The Hall–Kier alpha value is -0.760. The van der Waals surface area contributed by atoms with Crippen LogP contribution in [0.3, 0.4) is 0 Å². The quantitative estimate of drug-likeness (QED) is 0.697. The van der Waals surface area contributed by atoms with Crippen LogP contribution in [0.25, 0.3) is 0 Å². The molecule has 2 heteroatoms. The van der Waals surface area contributed by atoms with Crippen molar-refractivity contribution in [3.63, 3.8) is 0 Å². The van der Waals surface area contributed by atoms with Gasteiger partial charge in [-0.3, -0.25) is 0 Å². The average molecular weight is 152 g/mol. The average Bonchev–Trinajstić information content (AvgIpc) is 2.55. The molecule has 0 bridgehead atoms. The van der Waals surface area contributed by atoms with E-state index in [1.54, 1.807) is 6.26 Å². The summed E-state index contributed by atoms with van der Waals surface area (Å²) >= 11 is 0. The van der Waals surface area contributed by atoms with Gasteiger partial charge in [0.25, 0.3) is 0 Å². The van der Waals surface area contributed by atoms with Crippen molar-refractivity contribution in [3.8, 4) is 0 Å². The lowest BCUT2D eigenvalue weighted by Crippen LogP contribution is -2.04. The highest BCUT2D eigenvalue weighted by Gasteiger charge is 2.52. The standard InChI is InChI=1S/C9H12O2/c1-9(5-7(9)6-10)8-3-2-4-11-8/h2-4,7,10H,5-6H2,1H3. The number of aliphatic hydroxyl groups is 1. The van der Waals surface area contributed by atoms with Crippen LogP contribution in [-0.2, 0) is 5.41 Å². The molecule has 2 rings (SSSR count). The van der Waals surface area contributed by atoms with Crippen LogP contribution in [0.15, 0.2) is 22.8 Å². The fourth-order valence-corrected chi connectivity index (χ4v) is 1.62. The van der Waals surface area contributed by atoms with Gasteiger partial charge in [-0.2, -0.15) is 0 Å². The van der Waals surface area contributed by atoms with Crippen molar-refractivity contribution in [2.75, 3.05) is 6.61 Å². The molecule has 1 aliphatic rings. The van der Waals surface area contributed by atoms with Gasteiger partial charge < -0.3 is 9.52 Å².